The van der Waals surface area contributed by atoms with Crippen LogP contribution in [0.4, 0.5) is 4.39 Å². The summed E-state index contributed by atoms with van der Waals surface area (Å²) in [4.78, 5) is 6.56. The quantitative estimate of drug-likeness (QED) is 0.263. The molecule has 0 spiro atoms. The minimum atomic E-state index is -0.184. The number of guanidine groups is 1. The number of nitrogens with one attached hydrogen (secondary N) is 2. The lowest BCUT2D eigenvalue weighted by molar-refractivity contribution is 0.268. The summed E-state index contributed by atoms with van der Waals surface area (Å²) in [5.74, 6) is 0.620. The zero-order chi connectivity index (χ0) is 17.1. The van der Waals surface area contributed by atoms with Gasteiger partial charge >= 0.3 is 0 Å². The summed E-state index contributed by atoms with van der Waals surface area (Å²) in [5, 5.41) is 6.58. The van der Waals surface area contributed by atoms with E-state index in [0.717, 1.165) is 44.0 Å². The summed E-state index contributed by atoms with van der Waals surface area (Å²) < 4.78 is 13.1. The topological polar surface area (TPSA) is 39.7 Å². The third-order valence-electron chi connectivity index (χ3n) is 3.93. The molecule has 1 aromatic rings. The number of halogens is 2. The van der Waals surface area contributed by atoms with Crippen molar-refractivity contribution in [1.29, 1.82) is 0 Å². The average molecular weight is 450 g/mol. The van der Waals surface area contributed by atoms with Crippen molar-refractivity contribution in [3.8, 4) is 0 Å². The lowest BCUT2D eigenvalue weighted by Gasteiger charge is -2.20. The molecule has 24 heavy (non-hydrogen) atoms. The van der Waals surface area contributed by atoms with E-state index in [-0.39, 0.29) is 29.8 Å². The van der Waals surface area contributed by atoms with Gasteiger partial charge < -0.3 is 15.5 Å². The van der Waals surface area contributed by atoms with Gasteiger partial charge in [0.15, 0.2) is 5.96 Å². The van der Waals surface area contributed by atoms with Crippen molar-refractivity contribution in [3.05, 3.63) is 35.6 Å². The highest BCUT2D eigenvalue weighted by Gasteiger charge is 2.02. The lowest BCUT2D eigenvalue weighted by Crippen LogP contribution is -2.39. The molecule has 0 aliphatic carbocycles. The van der Waals surface area contributed by atoms with Gasteiger partial charge in [0.05, 0.1) is 0 Å². The standard InChI is InChI=1S/C18H31FN4.HI/c1-15(2)23(4)13-6-5-11-21-18(20-3)22-12-10-16-8-7-9-17(19)14-16;/h7-9,14-15H,5-6,10-13H2,1-4H3,(H2,20,21,22);1H. The average Bonchev–Trinajstić information content (AvgIpc) is 2.52. The van der Waals surface area contributed by atoms with E-state index in [0.29, 0.717) is 6.04 Å². The number of hydrogen-bond donors (Lipinski definition) is 2. The summed E-state index contributed by atoms with van der Waals surface area (Å²) in [7, 11) is 3.93. The van der Waals surface area contributed by atoms with E-state index in [4.69, 9.17) is 0 Å². The molecule has 1 rings (SSSR count). The predicted octanol–water partition coefficient (Wildman–Crippen LogP) is 3.27. The summed E-state index contributed by atoms with van der Waals surface area (Å²) in [5.41, 5.74) is 0.990. The largest absolute Gasteiger partial charge is 0.356 e. The SMILES string of the molecule is CN=C(NCCCCN(C)C(C)C)NCCc1cccc(F)c1.I. The second-order valence-electron chi connectivity index (χ2n) is 6.09. The molecule has 0 amide bonds. The summed E-state index contributed by atoms with van der Waals surface area (Å²) >= 11 is 0. The van der Waals surface area contributed by atoms with E-state index < -0.39 is 0 Å². The molecule has 0 heterocycles. The zero-order valence-corrected chi connectivity index (χ0v) is 17.6. The molecule has 4 nitrogen and oxygen atoms in total. The van der Waals surface area contributed by atoms with Crippen LogP contribution in [-0.2, 0) is 6.42 Å². The first kappa shape index (κ1) is 23.1. The zero-order valence-electron chi connectivity index (χ0n) is 15.3. The van der Waals surface area contributed by atoms with Gasteiger partial charge in [-0.1, -0.05) is 12.1 Å². The highest BCUT2D eigenvalue weighted by Crippen LogP contribution is 2.03. The Labute approximate surface area is 163 Å². The van der Waals surface area contributed by atoms with Gasteiger partial charge in [-0.25, -0.2) is 4.39 Å². The molecule has 0 radical (unpaired) electrons. The fourth-order valence-electron chi connectivity index (χ4n) is 2.19. The van der Waals surface area contributed by atoms with Crippen molar-refractivity contribution >= 4 is 29.9 Å². The van der Waals surface area contributed by atoms with Crippen LogP contribution in [0.3, 0.4) is 0 Å². The van der Waals surface area contributed by atoms with Crippen molar-refractivity contribution in [1.82, 2.24) is 15.5 Å². The second kappa shape index (κ2) is 13.4. The molecule has 0 bridgehead atoms. The van der Waals surface area contributed by atoms with Crippen LogP contribution >= 0.6 is 24.0 Å². The minimum Gasteiger partial charge on any atom is -0.356 e. The Bertz CT molecular complexity index is 480. The van der Waals surface area contributed by atoms with Crippen LogP contribution in [0.25, 0.3) is 0 Å². The third-order valence-corrected chi connectivity index (χ3v) is 3.93. The maximum Gasteiger partial charge on any atom is 0.190 e. The molecule has 0 saturated heterocycles. The van der Waals surface area contributed by atoms with Crippen molar-refractivity contribution in [2.45, 2.75) is 39.2 Å². The Hall–Kier alpha value is -0.890. The van der Waals surface area contributed by atoms with Gasteiger partial charge in [0, 0.05) is 26.2 Å². The first-order valence-electron chi connectivity index (χ1n) is 8.42. The number of nitrogens with zero attached hydrogens (tertiary/aromatic N) is 2. The number of unbranched alkanes of at least 4 members (excludes halogenated alkanes) is 1. The first-order chi connectivity index (χ1) is 11.0. The van der Waals surface area contributed by atoms with Gasteiger partial charge in [-0.3, -0.25) is 4.99 Å². The number of aliphatic imine (C=N–C) groups is 1. The van der Waals surface area contributed by atoms with Gasteiger partial charge in [-0.05, 0) is 64.4 Å². The summed E-state index contributed by atoms with van der Waals surface area (Å²) in [6, 6.07) is 7.31. The molecule has 1 aromatic carbocycles. The molecular formula is C18H32FIN4. The number of hydrogen-bond acceptors (Lipinski definition) is 2. The molecule has 0 fully saturated rings. The molecule has 6 heteroatoms. The van der Waals surface area contributed by atoms with Gasteiger partial charge in [-0.15, -0.1) is 24.0 Å². The second-order valence-corrected chi connectivity index (χ2v) is 6.09. The van der Waals surface area contributed by atoms with Crippen LogP contribution in [0.15, 0.2) is 29.3 Å². The van der Waals surface area contributed by atoms with Gasteiger partial charge in [-0.2, -0.15) is 0 Å². The Morgan fingerprint density at radius 1 is 1.21 bits per heavy atom. The van der Waals surface area contributed by atoms with Crippen molar-refractivity contribution < 1.29 is 4.39 Å². The lowest BCUT2D eigenvalue weighted by atomic mass is 10.1. The highest BCUT2D eigenvalue weighted by molar-refractivity contribution is 14.0. The van der Waals surface area contributed by atoms with Gasteiger partial charge in [0.1, 0.15) is 5.82 Å². The molecule has 0 aliphatic rings. The molecule has 0 aliphatic heterocycles. The summed E-state index contributed by atoms with van der Waals surface area (Å²) in [6.45, 7) is 7.18. The number of benzene rings is 1. The molecule has 138 valence electrons. The van der Waals surface area contributed by atoms with Crippen LogP contribution in [0.2, 0.25) is 0 Å². The fraction of sp³-hybridized carbons (Fsp3) is 0.611. The van der Waals surface area contributed by atoms with E-state index in [1.807, 2.05) is 6.07 Å². The van der Waals surface area contributed by atoms with E-state index in [1.165, 1.54) is 12.5 Å². The van der Waals surface area contributed by atoms with Crippen LogP contribution in [-0.4, -0.2) is 50.6 Å². The Morgan fingerprint density at radius 3 is 2.54 bits per heavy atom. The molecule has 2 N–H and O–H groups in total. The van der Waals surface area contributed by atoms with Crippen molar-refractivity contribution in [3.63, 3.8) is 0 Å². The van der Waals surface area contributed by atoms with E-state index in [2.05, 4.69) is 41.4 Å². The maximum atomic E-state index is 13.1. The predicted molar refractivity (Wildman–Crippen MR) is 112 cm³/mol. The van der Waals surface area contributed by atoms with Crippen LogP contribution < -0.4 is 10.6 Å². The molecule has 0 unspecified atom stereocenters. The Kier molecular flexibility index (Phi) is 12.9. The summed E-state index contributed by atoms with van der Waals surface area (Å²) in [6.07, 6.45) is 3.06. The van der Waals surface area contributed by atoms with E-state index >= 15 is 0 Å². The highest BCUT2D eigenvalue weighted by atomic mass is 127. The fourth-order valence-corrected chi connectivity index (χ4v) is 2.19. The maximum absolute atomic E-state index is 13.1. The van der Waals surface area contributed by atoms with Crippen LogP contribution in [0.1, 0.15) is 32.3 Å². The Morgan fingerprint density at radius 2 is 1.92 bits per heavy atom. The van der Waals surface area contributed by atoms with Crippen molar-refractivity contribution in [2.75, 3.05) is 33.7 Å². The van der Waals surface area contributed by atoms with Gasteiger partial charge in [0.25, 0.3) is 0 Å². The van der Waals surface area contributed by atoms with Crippen molar-refractivity contribution in [2.24, 2.45) is 4.99 Å². The molecule has 0 aromatic heterocycles. The van der Waals surface area contributed by atoms with E-state index in [1.54, 1.807) is 19.2 Å². The smallest absolute Gasteiger partial charge is 0.190 e. The van der Waals surface area contributed by atoms with Crippen LogP contribution in [0, 0.1) is 5.82 Å². The normalized spacial score (nSPS) is 11.5. The van der Waals surface area contributed by atoms with Gasteiger partial charge in [0.2, 0.25) is 0 Å². The third kappa shape index (κ3) is 10.1. The molecule has 0 atom stereocenters. The number of rotatable bonds is 9. The monoisotopic (exact) mass is 450 g/mol. The van der Waals surface area contributed by atoms with Crippen LogP contribution in [0.5, 0.6) is 0 Å². The molecular weight excluding hydrogens is 418 g/mol. The molecule has 0 saturated carbocycles. The van der Waals surface area contributed by atoms with E-state index in [9.17, 15) is 4.39 Å². The Balaban J connectivity index is 0.00000529. The first-order valence-corrected chi connectivity index (χ1v) is 8.42. The minimum absolute atomic E-state index is 0.